The molecule has 4 nitrogen and oxygen atoms in total. The Balaban J connectivity index is 1.52. The van der Waals surface area contributed by atoms with E-state index in [-0.39, 0.29) is 11.8 Å². The molecule has 2 heterocycles. The van der Waals surface area contributed by atoms with Crippen molar-refractivity contribution < 1.29 is 4.79 Å². The highest BCUT2D eigenvalue weighted by molar-refractivity contribution is 5.92. The Morgan fingerprint density at radius 1 is 1.19 bits per heavy atom. The smallest absolute Gasteiger partial charge is 0.228 e. The van der Waals surface area contributed by atoms with Gasteiger partial charge in [0.15, 0.2) is 0 Å². The first kappa shape index (κ1) is 14.5. The molecule has 1 amide bonds. The second-order valence-electron chi connectivity index (χ2n) is 6.21. The van der Waals surface area contributed by atoms with Gasteiger partial charge in [-0.05, 0) is 63.0 Å². The summed E-state index contributed by atoms with van der Waals surface area (Å²) in [7, 11) is 0. The van der Waals surface area contributed by atoms with E-state index in [4.69, 9.17) is 0 Å². The topological polar surface area (TPSA) is 44.4 Å². The molecule has 3 rings (SSSR count). The van der Waals surface area contributed by atoms with Gasteiger partial charge in [0.1, 0.15) is 0 Å². The minimum Gasteiger partial charge on any atom is -0.326 e. The van der Waals surface area contributed by atoms with Crippen molar-refractivity contribution >= 4 is 11.6 Å². The molecule has 2 aliphatic rings. The van der Waals surface area contributed by atoms with Crippen LogP contribution >= 0.6 is 0 Å². The van der Waals surface area contributed by atoms with E-state index in [1.807, 2.05) is 12.1 Å². The van der Waals surface area contributed by atoms with E-state index in [1.54, 1.807) is 0 Å². The number of hydrogen-bond donors (Lipinski definition) is 2. The molecule has 1 atom stereocenters. The molecule has 0 unspecified atom stereocenters. The predicted molar refractivity (Wildman–Crippen MR) is 85.2 cm³/mol. The maximum Gasteiger partial charge on any atom is 0.228 e. The highest BCUT2D eigenvalue weighted by Crippen LogP contribution is 2.17. The summed E-state index contributed by atoms with van der Waals surface area (Å²) in [5, 5.41) is 6.32. The lowest BCUT2D eigenvalue weighted by Crippen LogP contribution is -2.37. The average Bonchev–Trinajstić information content (AvgIpc) is 3.03. The Kier molecular flexibility index (Phi) is 4.88. The van der Waals surface area contributed by atoms with Gasteiger partial charge >= 0.3 is 0 Å². The van der Waals surface area contributed by atoms with E-state index in [0.29, 0.717) is 0 Å². The standard InChI is InChI=1S/C17H25N3O/c21-17(15-4-3-9-18-12-15)19-16-7-5-14(6-8-16)13-20-10-1-2-11-20/h5-8,15,18H,1-4,9-13H2,(H,19,21)/t15-/m1/s1. The molecule has 2 fully saturated rings. The zero-order chi connectivity index (χ0) is 14.5. The van der Waals surface area contributed by atoms with Gasteiger partial charge in [-0.25, -0.2) is 0 Å². The number of rotatable bonds is 4. The van der Waals surface area contributed by atoms with E-state index in [1.165, 1.54) is 31.5 Å². The largest absolute Gasteiger partial charge is 0.326 e. The number of anilines is 1. The minimum absolute atomic E-state index is 0.114. The fourth-order valence-electron chi connectivity index (χ4n) is 3.21. The predicted octanol–water partition coefficient (Wildman–Crippen LogP) is 2.22. The van der Waals surface area contributed by atoms with Crippen molar-refractivity contribution in [3.63, 3.8) is 0 Å². The lowest BCUT2D eigenvalue weighted by molar-refractivity contribution is -0.120. The number of benzene rings is 1. The van der Waals surface area contributed by atoms with Crippen LogP contribution in [0.3, 0.4) is 0 Å². The fourth-order valence-corrected chi connectivity index (χ4v) is 3.21. The Morgan fingerprint density at radius 2 is 1.95 bits per heavy atom. The van der Waals surface area contributed by atoms with Crippen molar-refractivity contribution in [3.8, 4) is 0 Å². The van der Waals surface area contributed by atoms with Gasteiger partial charge in [0, 0.05) is 18.8 Å². The van der Waals surface area contributed by atoms with Crippen LogP contribution in [-0.4, -0.2) is 37.0 Å². The molecule has 4 heteroatoms. The van der Waals surface area contributed by atoms with Gasteiger partial charge in [-0.2, -0.15) is 0 Å². The Labute approximate surface area is 126 Å². The Hall–Kier alpha value is -1.39. The zero-order valence-electron chi connectivity index (χ0n) is 12.6. The van der Waals surface area contributed by atoms with E-state index in [9.17, 15) is 4.79 Å². The number of nitrogens with one attached hydrogen (secondary N) is 2. The summed E-state index contributed by atoms with van der Waals surface area (Å²) in [5.41, 5.74) is 2.24. The molecule has 2 N–H and O–H groups in total. The molecule has 0 aromatic heterocycles. The van der Waals surface area contributed by atoms with Crippen LogP contribution in [0.5, 0.6) is 0 Å². The molecule has 0 saturated carbocycles. The van der Waals surface area contributed by atoms with Crippen LogP contribution in [0.2, 0.25) is 0 Å². The number of amides is 1. The molecule has 0 radical (unpaired) electrons. The van der Waals surface area contributed by atoms with Gasteiger partial charge in [0.2, 0.25) is 5.91 Å². The fraction of sp³-hybridized carbons (Fsp3) is 0.588. The van der Waals surface area contributed by atoms with Crippen molar-refractivity contribution in [3.05, 3.63) is 29.8 Å². The summed E-state index contributed by atoms with van der Waals surface area (Å²) in [6.45, 7) is 5.30. The zero-order valence-corrected chi connectivity index (χ0v) is 12.6. The average molecular weight is 287 g/mol. The normalized spacial score (nSPS) is 23.1. The van der Waals surface area contributed by atoms with Gasteiger partial charge < -0.3 is 10.6 Å². The first-order valence-corrected chi connectivity index (χ1v) is 8.14. The summed E-state index contributed by atoms with van der Waals surface area (Å²) < 4.78 is 0. The summed E-state index contributed by atoms with van der Waals surface area (Å²) in [5.74, 6) is 0.262. The van der Waals surface area contributed by atoms with E-state index >= 15 is 0 Å². The van der Waals surface area contributed by atoms with Crippen LogP contribution in [0.15, 0.2) is 24.3 Å². The van der Waals surface area contributed by atoms with Crippen molar-refractivity contribution in [2.45, 2.75) is 32.2 Å². The lowest BCUT2D eigenvalue weighted by Gasteiger charge is -2.22. The van der Waals surface area contributed by atoms with Crippen molar-refractivity contribution in [1.82, 2.24) is 10.2 Å². The second-order valence-corrected chi connectivity index (χ2v) is 6.21. The Morgan fingerprint density at radius 3 is 2.62 bits per heavy atom. The lowest BCUT2D eigenvalue weighted by atomic mass is 9.99. The van der Waals surface area contributed by atoms with Crippen LogP contribution < -0.4 is 10.6 Å². The van der Waals surface area contributed by atoms with Gasteiger partial charge in [0.25, 0.3) is 0 Å². The molecular weight excluding hydrogens is 262 g/mol. The van der Waals surface area contributed by atoms with Crippen molar-refractivity contribution in [1.29, 1.82) is 0 Å². The molecule has 0 bridgehead atoms. The van der Waals surface area contributed by atoms with Crippen LogP contribution in [0.4, 0.5) is 5.69 Å². The summed E-state index contributed by atoms with van der Waals surface area (Å²) >= 11 is 0. The molecule has 2 aliphatic heterocycles. The number of likely N-dealkylation sites (tertiary alicyclic amines) is 1. The Bertz CT molecular complexity index is 459. The molecule has 1 aromatic rings. The highest BCUT2D eigenvalue weighted by atomic mass is 16.1. The summed E-state index contributed by atoms with van der Waals surface area (Å²) in [4.78, 5) is 14.7. The highest BCUT2D eigenvalue weighted by Gasteiger charge is 2.20. The quantitative estimate of drug-likeness (QED) is 0.892. The molecular formula is C17H25N3O. The first-order valence-electron chi connectivity index (χ1n) is 8.14. The third kappa shape index (κ3) is 4.05. The minimum atomic E-state index is 0.114. The molecule has 114 valence electrons. The molecule has 0 aliphatic carbocycles. The number of carbonyl (C=O) groups is 1. The molecule has 2 saturated heterocycles. The number of hydrogen-bond acceptors (Lipinski definition) is 3. The number of nitrogens with zero attached hydrogens (tertiary/aromatic N) is 1. The summed E-state index contributed by atoms with van der Waals surface area (Å²) in [6.07, 6.45) is 4.73. The van der Waals surface area contributed by atoms with E-state index < -0.39 is 0 Å². The van der Waals surface area contributed by atoms with Crippen molar-refractivity contribution in [2.75, 3.05) is 31.5 Å². The van der Waals surface area contributed by atoms with E-state index in [0.717, 1.165) is 38.2 Å². The summed E-state index contributed by atoms with van der Waals surface area (Å²) in [6, 6.07) is 8.32. The van der Waals surface area contributed by atoms with Crippen LogP contribution in [-0.2, 0) is 11.3 Å². The SMILES string of the molecule is O=C(Nc1ccc(CN2CCCC2)cc1)[C@@H]1CCCNC1. The monoisotopic (exact) mass is 287 g/mol. The molecule has 1 aromatic carbocycles. The van der Waals surface area contributed by atoms with Crippen LogP contribution in [0, 0.1) is 5.92 Å². The third-order valence-corrected chi connectivity index (χ3v) is 4.49. The third-order valence-electron chi connectivity index (χ3n) is 4.49. The van der Waals surface area contributed by atoms with Gasteiger partial charge in [0.05, 0.1) is 5.92 Å². The van der Waals surface area contributed by atoms with Gasteiger partial charge in [-0.3, -0.25) is 9.69 Å². The second kappa shape index (κ2) is 7.05. The molecule has 0 spiro atoms. The maximum absolute atomic E-state index is 12.2. The van der Waals surface area contributed by atoms with Crippen LogP contribution in [0.25, 0.3) is 0 Å². The maximum atomic E-state index is 12.2. The number of carbonyl (C=O) groups excluding carboxylic acids is 1. The van der Waals surface area contributed by atoms with Crippen LogP contribution in [0.1, 0.15) is 31.2 Å². The van der Waals surface area contributed by atoms with Gasteiger partial charge in [-0.15, -0.1) is 0 Å². The first-order chi connectivity index (χ1) is 10.3. The number of piperidine rings is 1. The van der Waals surface area contributed by atoms with E-state index in [2.05, 4.69) is 27.7 Å². The van der Waals surface area contributed by atoms with Crippen molar-refractivity contribution in [2.24, 2.45) is 5.92 Å². The van der Waals surface area contributed by atoms with Gasteiger partial charge in [-0.1, -0.05) is 12.1 Å². The molecule has 21 heavy (non-hydrogen) atoms.